The first-order valence-corrected chi connectivity index (χ1v) is 6.19. The van der Waals surface area contributed by atoms with Gasteiger partial charge in [0.1, 0.15) is 5.60 Å². The first-order valence-electron chi connectivity index (χ1n) is 6.19. The van der Waals surface area contributed by atoms with Crippen molar-refractivity contribution in [2.45, 2.75) is 38.7 Å². The molecule has 1 N–H and O–H groups in total. The number of nitrogens with zero attached hydrogens (tertiary/aromatic N) is 1. The topological polar surface area (TPSA) is 33.1 Å². The van der Waals surface area contributed by atoms with E-state index in [-0.39, 0.29) is 5.41 Å². The van der Waals surface area contributed by atoms with Crippen molar-refractivity contribution in [1.29, 1.82) is 0 Å². The third kappa shape index (κ3) is 1.14. The van der Waals surface area contributed by atoms with Gasteiger partial charge in [0.15, 0.2) is 0 Å². The van der Waals surface area contributed by atoms with Crippen LogP contribution in [0.4, 0.5) is 0 Å². The van der Waals surface area contributed by atoms with Gasteiger partial charge in [-0.1, -0.05) is 19.9 Å². The number of aromatic nitrogens is 1. The largest absolute Gasteiger partial charge is 0.383 e. The Hall–Kier alpha value is -0.890. The van der Waals surface area contributed by atoms with Gasteiger partial charge in [0, 0.05) is 6.20 Å². The number of fused-ring (bicyclic) bond motifs is 2. The zero-order valence-corrected chi connectivity index (χ0v) is 9.98. The Labute approximate surface area is 96.7 Å². The average molecular weight is 217 g/mol. The molecule has 86 valence electrons. The molecule has 4 rings (SSSR count). The highest BCUT2D eigenvalue weighted by molar-refractivity contribution is 5.21. The second-order valence-electron chi connectivity index (χ2n) is 5.98. The fraction of sp³-hybridized carbons (Fsp3) is 0.643. The molecule has 1 heterocycles. The van der Waals surface area contributed by atoms with Crippen molar-refractivity contribution < 1.29 is 5.11 Å². The van der Waals surface area contributed by atoms with Crippen LogP contribution in [0.2, 0.25) is 0 Å². The molecule has 0 unspecified atom stereocenters. The van der Waals surface area contributed by atoms with Gasteiger partial charge in [-0.3, -0.25) is 4.98 Å². The molecule has 0 radical (unpaired) electrons. The maximum atomic E-state index is 10.9. The molecule has 0 aromatic carbocycles. The van der Waals surface area contributed by atoms with E-state index in [2.05, 4.69) is 18.8 Å². The second kappa shape index (κ2) is 3.07. The molecule has 0 aliphatic heterocycles. The third-order valence-corrected chi connectivity index (χ3v) is 5.03. The first kappa shape index (κ1) is 10.3. The molecule has 3 aliphatic carbocycles. The molecule has 0 saturated heterocycles. The SMILES string of the molecule is CC1(C)[C@H]2CC[C@](O)(c3ccccn3)[C@@H]1C2. The van der Waals surface area contributed by atoms with Crippen molar-refractivity contribution in [2.24, 2.45) is 17.3 Å². The van der Waals surface area contributed by atoms with Crippen molar-refractivity contribution in [1.82, 2.24) is 4.98 Å². The lowest BCUT2D eigenvalue weighted by atomic mass is 9.43. The monoisotopic (exact) mass is 217 g/mol. The van der Waals surface area contributed by atoms with Crippen LogP contribution in [0, 0.1) is 17.3 Å². The zero-order chi connectivity index (χ0) is 11.4. The lowest BCUT2D eigenvalue weighted by Crippen LogP contribution is -2.60. The molecule has 2 heteroatoms. The lowest BCUT2D eigenvalue weighted by Gasteiger charge is -2.63. The molecule has 16 heavy (non-hydrogen) atoms. The summed E-state index contributed by atoms with van der Waals surface area (Å²) in [6.45, 7) is 4.58. The highest BCUT2D eigenvalue weighted by atomic mass is 16.3. The fourth-order valence-corrected chi connectivity index (χ4v) is 3.81. The van der Waals surface area contributed by atoms with Gasteiger partial charge in [-0.15, -0.1) is 0 Å². The van der Waals surface area contributed by atoms with Gasteiger partial charge in [-0.25, -0.2) is 0 Å². The van der Waals surface area contributed by atoms with Crippen LogP contribution in [0.25, 0.3) is 0 Å². The summed E-state index contributed by atoms with van der Waals surface area (Å²) >= 11 is 0. The second-order valence-corrected chi connectivity index (χ2v) is 5.98. The van der Waals surface area contributed by atoms with Gasteiger partial charge >= 0.3 is 0 Å². The van der Waals surface area contributed by atoms with E-state index in [9.17, 15) is 5.11 Å². The van der Waals surface area contributed by atoms with Crippen LogP contribution in [0.15, 0.2) is 24.4 Å². The molecule has 0 amide bonds. The number of hydrogen-bond donors (Lipinski definition) is 1. The minimum absolute atomic E-state index is 0.282. The first-order chi connectivity index (χ1) is 7.55. The summed E-state index contributed by atoms with van der Waals surface area (Å²) in [4.78, 5) is 4.36. The number of aliphatic hydroxyl groups is 1. The highest BCUT2D eigenvalue weighted by Gasteiger charge is 2.61. The Balaban J connectivity index is 2.00. The van der Waals surface area contributed by atoms with E-state index in [1.54, 1.807) is 6.20 Å². The summed E-state index contributed by atoms with van der Waals surface area (Å²) < 4.78 is 0. The van der Waals surface area contributed by atoms with Gasteiger partial charge < -0.3 is 5.11 Å². The lowest BCUT2D eigenvalue weighted by molar-refractivity contribution is -0.209. The van der Waals surface area contributed by atoms with E-state index < -0.39 is 5.60 Å². The molecular formula is C14H19NO. The zero-order valence-electron chi connectivity index (χ0n) is 9.98. The third-order valence-electron chi connectivity index (χ3n) is 5.03. The fourth-order valence-electron chi connectivity index (χ4n) is 3.81. The maximum Gasteiger partial charge on any atom is 0.110 e. The molecule has 3 saturated carbocycles. The summed E-state index contributed by atoms with van der Waals surface area (Å²) in [5.41, 5.74) is 0.468. The van der Waals surface area contributed by atoms with Crippen LogP contribution < -0.4 is 0 Å². The molecule has 2 nitrogen and oxygen atoms in total. The predicted molar refractivity (Wildman–Crippen MR) is 62.7 cm³/mol. The molecule has 2 bridgehead atoms. The average Bonchev–Trinajstić information content (AvgIpc) is 2.30. The Kier molecular flexibility index (Phi) is 1.97. The Bertz CT molecular complexity index is 398. The van der Waals surface area contributed by atoms with Crippen LogP contribution in [-0.2, 0) is 5.60 Å². The number of hydrogen-bond acceptors (Lipinski definition) is 2. The quantitative estimate of drug-likeness (QED) is 0.784. The standard InChI is InChI=1S/C14H19NO/c1-13(2)10-6-7-14(16,11(13)9-10)12-5-3-4-8-15-12/h3-5,8,10-11,16H,6-7,9H2,1-2H3/t10-,11+,14+/m0/s1. The van der Waals surface area contributed by atoms with E-state index in [0.717, 1.165) is 24.5 Å². The van der Waals surface area contributed by atoms with Crippen molar-refractivity contribution in [3.63, 3.8) is 0 Å². The van der Waals surface area contributed by atoms with Crippen LogP contribution in [0.3, 0.4) is 0 Å². The van der Waals surface area contributed by atoms with E-state index in [0.29, 0.717) is 5.92 Å². The van der Waals surface area contributed by atoms with Gasteiger partial charge in [-0.2, -0.15) is 0 Å². The van der Waals surface area contributed by atoms with Gasteiger partial charge in [0.25, 0.3) is 0 Å². The molecular weight excluding hydrogens is 198 g/mol. The van der Waals surface area contributed by atoms with Crippen molar-refractivity contribution in [2.75, 3.05) is 0 Å². The van der Waals surface area contributed by atoms with Crippen LogP contribution in [0.1, 0.15) is 38.8 Å². The van der Waals surface area contributed by atoms with Crippen LogP contribution in [-0.4, -0.2) is 10.1 Å². The van der Waals surface area contributed by atoms with E-state index in [1.165, 1.54) is 6.42 Å². The van der Waals surface area contributed by atoms with Crippen LogP contribution >= 0.6 is 0 Å². The predicted octanol–water partition coefficient (Wildman–Crippen LogP) is 2.73. The van der Waals surface area contributed by atoms with Crippen molar-refractivity contribution >= 4 is 0 Å². The van der Waals surface area contributed by atoms with Gasteiger partial charge in [-0.05, 0) is 48.6 Å². The Morgan fingerprint density at radius 2 is 2.19 bits per heavy atom. The van der Waals surface area contributed by atoms with Gasteiger partial charge in [0.2, 0.25) is 0 Å². The maximum absolute atomic E-state index is 10.9. The summed E-state index contributed by atoms with van der Waals surface area (Å²) in [6, 6.07) is 5.84. The molecule has 1 aromatic rings. The minimum Gasteiger partial charge on any atom is -0.383 e. The Morgan fingerprint density at radius 3 is 2.75 bits per heavy atom. The summed E-state index contributed by atoms with van der Waals surface area (Å²) in [6.07, 6.45) is 4.96. The molecule has 3 atom stereocenters. The van der Waals surface area contributed by atoms with E-state index >= 15 is 0 Å². The smallest absolute Gasteiger partial charge is 0.110 e. The molecule has 3 aliphatic rings. The summed E-state index contributed by atoms with van der Waals surface area (Å²) in [5, 5.41) is 10.9. The summed E-state index contributed by atoms with van der Waals surface area (Å²) in [7, 11) is 0. The molecule has 0 spiro atoms. The minimum atomic E-state index is -0.681. The number of pyridine rings is 1. The normalized spacial score (nSPS) is 40.2. The van der Waals surface area contributed by atoms with Crippen molar-refractivity contribution in [3.8, 4) is 0 Å². The number of rotatable bonds is 1. The molecule has 3 fully saturated rings. The van der Waals surface area contributed by atoms with E-state index in [4.69, 9.17) is 0 Å². The van der Waals surface area contributed by atoms with E-state index in [1.807, 2.05) is 18.2 Å². The van der Waals surface area contributed by atoms with Gasteiger partial charge in [0.05, 0.1) is 5.69 Å². The van der Waals surface area contributed by atoms with Crippen molar-refractivity contribution in [3.05, 3.63) is 30.1 Å². The molecule has 1 aromatic heterocycles. The highest BCUT2D eigenvalue weighted by Crippen LogP contribution is 2.65. The summed E-state index contributed by atoms with van der Waals surface area (Å²) in [5.74, 6) is 1.19. The Morgan fingerprint density at radius 1 is 1.38 bits per heavy atom. The van der Waals surface area contributed by atoms with Crippen LogP contribution in [0.5, 0.6) is 0 Å².